The second-order valence-electron chi connectivity index (χ2n) is 6.42. The van der Waals surface area contributed by atoms with Crippen LogP contribution >= 0.6 is 0 Å². The first-order valence-electron chi connectivity index (χ1n) is 7.45. The molecule has 0 aliphatic carbocycles. The van der Waals surface area contributed by atoms with E-state index in [1.165, 1.54) is 0 Å². The number of anilines is 1. The molecule has 0 spiro atoms. The number of rotatable bonds is 1. The molecule has 3 rings (SSSR count). The summed E-state index contributed by atoms with van der Waals surface area (Å²) in [6.45, 7) is 8.34. The van der Waals surface area contributed by atoms with Crippen LogP contribution in [0.5, 0.6) is 0 Å². The number of aromatic nitrogens is 3. The summed E-state index contributed by atoms with van der Waals surface area (Å²) in [5.74, 6) is 0.888. The maximum Gasteiger partial charge on any atom is 0.410 e. The predicted octanol–water partition coefficient (Wildman–Crippen LogP) is 2.01. The molecule has 0 radical (unpaired) electrons. The fourth-order valence-electron chi connectivity index (χ4n) is 2.52. The number of hydrogen-bond donors (Lipinski definition) is 1. The summed E-state index contributed by atoms with van der Waals surface area (Å²) in [6, 6.07) is 1.93. The summed E-state index contributed by atoms with van der Waals surface area (Å²) in [4.78, 5) is 20.4. The van der Waals surface area contributed by atoms with Gasteiger partial charge in [0.2, 0.25) is 0 Å². The van der Waals surface area contributed by atoms with Gasteiger partial charge in [-0.05, 0) is 26.8 Å². The molecule has 1 aliphatic heterocycles. The number of amides is 1. The van der Waals surface area contributed by atoms with E-state index >= 15 is 0 Å². The van der Waals surface area contributed by atoms with Crippen LogP contribution in [-0.2, 0) is 4.74 Å². The zero-order valence-corrected chi connectivity index (χ0v) is 13.2. The highest BCUT2D eigenvalue weighted by Gasteiger charge is 2.27. The Balaban J connectivity index is 1.67. The second kappa shape index (κ2) is 5.47. The number of pyridine rings is 1. The molecular weight excluding hydrogens is 282 g/mol. The van der Waals surface area contributed by atoms with Crippen molar-refractivity contribution >= 4 is 22.8 Å². The van der Waals surface area contributed by atoms with Gasteiger partial charge in [0.1, 0.15) is 11.1 Å². The molecule has 1 aliphatic rings. The van der Waals surface area contributed by atoms with Crippen LogP contribution in [0.4, 0.5) is 10.6 Å². The molecule has 0 aromatic carbocycles. The fraction of sp³-hybridized carbons (Fsp3) is 0.533. The highest BCUT2D eigenvalue weighted by molar-refractivity contribution is 5.88. The summed E-state index contributed by atoms with van der Waals surface area (Å²) in [7, 11) is 0. The lowest BCUT2D eigenvalue weighted by molar-refractivity contribution is 0.0240. The van der Waals surface area contributed by atoms with Crippen LogP contribution < -0.4 is 4.90 Å². The molecule has 1 N–H and O–H groups in total. The number of aromatic amines is 1. The van der Waals surface area contributed by atoms with Gasteiger partial charge < -0.3 is 14.5 Å². The zero-order valence-electron chi connectivity index (χ0n) is 13.2. The summed E-state index contributed by atoms with van der Waals surface area (Å²) < 4.78 is 5.41. The van der Waals surface area contributed by atoms with Crippen molar-refractivity contribution in [1.29, 1.82) is 0 Å². The number of H-pyrrole nitrogens is 1. The van der Waals surface area contributed by atoms with Crippen molar-refractivity contribution in [3.8, 4) is 0 Å². The van der Waals surface area contributed by atoms with Gasteiger partial charge in [-0.15, -0.1) is 0 Å². The number of piperazine rings is 1. The third-order valence-electron chi connectivity index (χ3n) is 3.57. The molecule has 7 nitrogen and oxygen atoms in total. The first-order chi connectivity index (χ1) is 10.4. The maximum atomic E-state index is 12.1. The molecule has 22 heavy (non-hydrogen) atoms. The van der Waals surface area contributed by atoms with Crippen molar-refractivity contribution in [2.45, 2.75) is 26.4 Å². The van der Waals surface area contributed by atoms with E-state index < -0.39 is 5.60 Å². The molecule has 2 aromatic rings. The molecule has 0 saturated carbocycles. The summed E-state index contributed by atoms with van der Waals surface area (Å²) in [6.07, 6.45) is 3.32. The highest BCUT2D eigenvalue weighted by atomic mass is 16.6. The van der Waals surface area contributed by atoms with Gasteiger partial charge >= 0.3 is 6.09 Å². The monoisotopic (exact) mass is 303 g/mol. The standard InChI is InChI=1S/C15H21N5O2/c1-15(2,3)22-14(21)20-8-6-19(7-9-20)13-12-11(4-5-16-13)10-17-18-12/h4-5,10H,6-9H2,1-3H3,(H,17,18). The quantitative estimate of drug-likeness (QED) is 0.872. The van der Waals surface area contributed by atoms with E-state index in [9.17, 15) is 4.79 Å². The van der Waals surface area contributed by atoms with Crippen molar-refractivity contribution < 1.29 is 9.53 Å². The Morgan fingerprint density at radius 2 is 2.00 bits per heavy atom. The Morgan fingerprint density at radius 3 is 2.68 bits per heavy atom. The van der Waals surface area contributed by atoms with E-state index in [1.54, 1.807) is 17.3 Å². The number of fused-ring (bicyclic) bond motifs is 1. The van der Waals surface area contributed by atoms with Crippen LogP contribution in [0.15, 0.2) is 18.5 Å². The van der Waals surface area contributed by atoms with E-state index in [2.05, 4.69) is 20.1 Å². The summed E-state index contributed by atoms with van der Waals surface area (Å²) in [5, 5.41) is 8.10. The topological polar surface area (TPSA) is 74.3 Å². The Kier molecular flexibility index (Phi) is 3.64. The largest absolute Gasteiger partial charge is 0.444 e. The van der Waals surface area contributed by atoms with E-state index in [1.807, 2.05) is 26.8 Å². The van der Waals surface area contributed by atoms with Crippen molar-refractivity contribution in [1.82, 2.24) is 20.1 Å². The van der Waals surface area contributed by atoms with Gasteiger partial charge in [0.05, 0.1) is 6.20 Å². The average molecular weight is 303 g/mol. The van der Waals surface area contributed by atoms with Crippen LogP contribution in [0.2, 0.25) is 0 Å². The number of nitrogens with one attached hydrogen (secondary N) is 1. The minimum Gasteiger partial charge on any atom is -0.444 e. The first-order valence-corrected chi connectivity index (χ1v) is 7.45. The zero-order chi connectivity index (χ0) is 15.7. The number of carbonyl (C=O) groups excluding carboxylic acids is 1. The van der Waals surface area contributed by atoms with Crippen LogP contribution in [0.1, 0.15) is 20.8 Å². The number of ether oxygens (including phenoxy) is 1. The molecule has 2 aromatic heterocycles. The first kappa shape index (κ1) is 14.6. The van der Waals surface area contributed by atoms with Crippen molar-refractivity contribution in [2.75, 3.05) is 31.1 Å². The van der Waals surface area contributed by atoms with Crippen LogP contribution in [0.25, 0.3) is 10.9 Å². The number of nitrogens with zero attached hydrogens (tertiary/aromatic N) is 4. The molecule has 7 heteroatoms. The van der Waals surface area contributed by atoms with Crippen LogP contribution in [-0.4, -0.2) is 58.0 Å². The number of hydrogen-bond acceptors (Lipinski definition) is 5. The van der Waals surface area contributed by atoms with Crippen molar-refractivity contribution in [3.05, 3.63) is 18.5 Å². The predicted molar refractivity (Wildman–Crippen MR) is 83.9 cm³/mol. The van der Waals surface area contributed by atoms with Crippen molar-refractivity contribution in [2.24, 2.45) is 0 Å². The maximum absolute atomic E-state index is 12.1. The lowest BCUT2D eigenvalue weighted by atomic mass is 10.2. The van der Waals surface area contributed by atoms with Crippen LogP contribution in [0, 0.1) is 0 Å². The molecule has 0 unspecified atom stereocenters. The molecule has 1 saturated heterocycles. The third kappa shape index (κ3) is 2.98. The minimum absolute atomic E-state index is 0.250. The third-order valence-corrected chi connectivity index (χ3v) is 3.57. The minimum atomic E-state index is -0.461. The molecule has 1 amide bonds. The second-order valence-corrected chi connectivity index (χ2v) is 6.42. The van der Waals surface area contributed by atoms with E-state index in [-0.39, 0.29) is 6.09 Å². The molecule has 118 valence electrons. The molecule has 3 heterocycles. The molecule has 0 bridgehead atoms. The molecular formula is C15H21N5O2. The number of carbonyl (C=O) groups is 1. The molecule has 0 atom stereocenters. The lowest BCUT2D eigenvalue weighted by Gasteiger charge is -2.36. The van der Waals surface area contributed by atoms with Gasteiger partial charge in [-0.1, -0.05) is 0 Å². The van der Waals surface area contributed by atoms with Crippen LogP contribution in [0.3, 0.4) is 0 Å². The van der Waals surface area contributed by atoms with E-state index in [4.69, 9.17) is 4.74 Å². The average Bonchev–Trinajstić information content (AvgIpc) is 2.94. The van der Waals surface area contributed by atoms with Gasteiger partial charge in [-0.2, -0.15) is 5.10 Å². The summed E-state index contributed by atoms with van der Waals surface area (Å²) >= 11 is 0. The molecule has 1 fully saturated rings. The summed E-state index contributed by atoms with van der Waals surface area (Å²) in [5.41, 5.74) is 0.477. The normalized spacial score (nSPS) is 16.1. The van der Waals surface area contributed by atoms with Gasteiger partial charge in [0.15, 0.2) is 5.82 Å². The Labute approximate surface area is 129 Å². The highest BCUT2D eigenvalue weighted by Crippen LogP contribution is 2.23. The SMILES string of the molecule is CC(C)(C)OC(=O)N1CCN(c2nccc3cn[nH]c23)CC1. The van der Waals surface area contributed by atoms with Gasteiger partial charge in [0.25, 0.3) is 0 Å². The Morgan fingerprint density at radius 1 is 1.27 bits per heavy atom. The van der Waals surface area contributed by atoms with Gasteiger partial charge in [-0.25, -0.2) is 9.78 Å². The smallest absolute Gasteiger partial charge is 0.410 e. The van der Waals surface area contributed by atoms with Crippen molar-refractivity contribution in [3.63, 3.8) is 0 Å². The van der Waals surface area contributed by atoms with Gasteiger partial charge in [-0.3, -0.25) is 5.10 Å². The van der Waals surface area contributed by atoms with E-state index in [0.717, 1.165) is 29.8 Å². The van der Waals surface area contributed by atoms with Gasteiger partial charge in [0, 0.05) is 37.8 Å². The Bertz CT molecular complexity index is 668. The Hall–Kier alpha value is -2.31. The van der Waals surface area contributed by atoms with E-state index in [0.29, 0.717) is 13.1 Å². The fourth-order valence-corrected chi connectivity index (χ4v) is 2.52. The lowest BCUT2D eigenvalue weighted by Crippen LogP contribution is -2.50.